The summed E-state index contributed by atoms with van der Waals surface area (Å²) in [5.41, 5.74) is 2.13. The number of amides is 2. The summed E-state index contributed by atoms with van der Waals surface area (Å²) in [5, 5.41) is 5.49. The summed E-state index contributed by atoms with van der Waals surface area (Å²) in [6, 6.07) is 5.37. The van der Waals surface area contributed by atoms with Crippen LogP contribution in [0.5, 0.6) is 0 Å². The highest BCUT2D eigenvalue weighted by Gasteiger charge is 2.25. The van der Waals surface area contributed by atoms with Crippen LogP contribution in [0.15, 0.2) is 29.0 Å². The van der Waals surface area contributed by atoms with Gasteiger partial charge in [0.05, 0.1) is 11.3 Å². The normalized spacial score (nSPS) is 13.2. The first-order valence-corrected chi connectivity index (χ1v) is 6.72. The van der Waals surface area contributed by atoms with E-state index in [1.54, 1.807) is 12.1 Å². The number of oxazole rings is 1. The van der Waals surface area contributed by atoms with E-state index in [1.807, 2.05) is 19.9 Å². The molecule has 0 saturated heterocycles. The lowest BCUT2D eigenvalue weighted by atomic mass is 10.1. The topological polar surface area (TPSA) is 84.2 Å². The number of fused-ring (bicyclic) bond motifs is 1. The van der Waals surface area contributed by atoms with E-state index in [9.17, 15) is 9.59 Å². The molecule has 6 nitrogen and oxygen atoms in total. The van der Waals surface area contributed by atoms with Crippen LogP contribution in [-0.2, 0) is 6.54 Å². The Kier molecular flexibility index (Phi) is 3.21. The summed E-state index contributed by atoms with van der Waals surface area (Å²) in [4.78, 5) is 28.1. The number of nitrogens with one attached hydrogen (secondary N) is 2. The number of carbonyl (C=O) groups excluding carboxylic acids is 2. The molecule has 0 spiro atoms. The van der Waals surface area contributed by atoms with Gasteiger partial charge >= 0.3 is 0 Å². The molecular formula is C15H15N3O3. The van der Waals surface area contributed by atoms with Gasteiger partial charge in [0.25, 0.3) is 11.8 Å². The zero-order valence-corrected chi connectivity index (χ0v) is 11.8. The number of anilines is 1. The minimum Gasteiger partial charge on any atom is -0.447 e. The van der Waals surface area contributed by atoms with Crippen molar-refractivity contribution in [2.24, 2.45) is 0 Å². The number of hydrogen-bond acceptors (Lipinski definition) is 4. The third kappa shape index (κ3) is 2.29. The molecule has 2 aromatic rings. The monoisotopic (exact) mass is 285 g/mol. The molecule has 1 aliphatic heterocycles. The third-order valence-electron chi connectivity index (χ3n) is 3.40. The van der Waals surface area contributed by atoms with Gasteiger partial charge in [0.2, 0.25) is 0 Å². The molecule has 108 valence electrons. The highest BCUT2D eigenvalue weighted by Crippen LogP contribution is 2.25. The summed E-state index contributed by atoms with van der Waals surface area (Å²) in [5.74, 6) is 0.0354. The van der Waals surface area contributed by atoms with Gasteiger partial charge in [-0.15, -0.1) is 0 Å². The lowest BCUT2D eigenvalue weighted by Crippen LogP contribution is -2.18. The van der Waals surface area contributed by atoms with Crippen LogP contribution in [0.25, 0.3) is 0 Å². The first-order chi connectivity index (χ1) is 10.1. The first kappa shape index (κ1) is 13.4. The van der Waals surface area contributed by atoms with Gasteiger partial charge in [-0.05, 0) is 11.6 Å². The molecule has 6 heteroatoms. The van der Waals surface area contributed by atoms with Crippen molar-refractivity contribution in [2.75, 3.05) is 5.32 Å². The number of carbonyl (C=O) groups is 2. The Bertz CT molecular complexity index is 719. The second-order valence-corrected chi connectivity index (χ2v) is 5.20. The highest BCUT2D eigenvalue weighted by atomic mass is 16.3. The molecule has 0 fully saturated rings. The molecule has 1 aliphatic rings. The standard InChI is InChI=1S/C15H15N3O3/c1-8(2)13-12(17-7-21-13)15(20)18-10-5-3-4-9-6-16-14(19)11(9)10/h3-5,7-8H,6H2,1-2H3,(H,16,19)(H,18,20). The number of benzene rings is 1. The maximum atomic E-state index is 12.3. The third-order valence-corrected chi connectivity index (χ3v) is 3.40. The maximum Gasteiger partial charge on any atom is 0.277 e. The fraction of sp³-hybridized carbons (Fsp3) is 0.267. The van der Waals surface area contributed by atoms with Crippen molar-refractivity contribution in [2.45, 2.75) is 26.3 Å². The number of hydrogen-bond donors (Lipinski definition) is 2. The van der Waals surface area contributed by atoms with Gasteiger partial charge in [0.15, 0.2) is 12.1 Å². The molecule has 0 unspecified atom stereocenters. The molecule has 2 heterocycles. The number of rotatable bonds is 3. The number of nitrogens with zero attached hydrogens (tertiary/aromatic N) is 1. The molecule has 2 amide bonds. The first-order valence-electron chi connectivity index (χ1n) is 6.72. The van der Waals surface area contributed by atoms with Crippen LogP contribution in [0.3, 0.4) is 0 Å². The molecule has 1 aromatic carbocycles. The lowest BCUT2D eigenvalue weighted by Gasteiger charge is -2.09. The molecule has 0 radical (unpaired) electrons. The highest BCUT2D eigenvalue weighted by molar-refractivity contribution is 6.10. The summed E-state index contributed by atoms with van der Waals surface area (Å²) in [6.45, 7) is 4.33. The van der Waals surface area contributed by atoms with E-state index >= 15 is 0 Å². The minimum absolute atomic E-state index is 0.0537. The zero-order valence-electron chi connectivity index (χ0n) is 11.8. The summed E-state index contributed by atoms with van der Waals surface area (Å²) in [7, 11) is 0. The van der Waals surface area contributed by atoms with Crippen molar-refractivity contribution in [3.63, 3.8) is 0 Å². The van der Waals surface area contributed by atoms with Gasteiger partial charge in [-0.1, -0.05) is 26.0 Å². The quantitative estimate of drug-likeness (QED) is 0.906. The second kappa shape index (κ2) is 5.05. The second-order valence-electron chi connectivity index (χ2n) is 5.20. The fourth-order valence-corrected chi connectivity index (χ4v) is 2.40. The molecule has 0 saturated carbocycles. The predicted octanol–water partition coefficient (Wildman–Crippen LogP) is 2.29. The largest absolute Gasteiger partial charge is 0.447 e. The van der Waals surface area contributed by atoms with Crippen LogP contribution < -0.4 is 10.6 Å². The molecule has 0 aliphatic carbocycles. The average Bonchev–Trinajstić information content (AvgIpc) is 3.06. The van der Waals surface area contributed by atoms with Crippen molar-refractivity contribution in [1.82, 2.24) is 10.3 Å². The van der Waals surface area contributed by atoms with Crippen LogP contribution >= 0.6 is 0 Å². The lowest BCUT2D eigenvalue weighted by molar-refractivity contribution is 0.0966. The Morgan fingerprint density at radius 2 is 2.24 bits per heavy atom. The van der Waals surface area contributed by atoms with E-state index in [4.69, 9.17) is 4.42 Å². The van der Waals surface area contributed by atoms with Gasteiger partial charge in [-0.2, -0.15) is 0 Å². The van der Waals surface area contributed by atoms with Crippen LogP contribution in [0.2, 0.25) is 0 Å². The summed E-state index contributed by atoms with van der Waals surface area (Å²) in [6.07, 6.45) is 1.26. The fourth-order valence-electron chi connectivity index (χ4n) is 2.40. The van der Waals surface area contributed by atoms with Crippen LogP contribution in [0, 0.1) is 0 Å². The predicted molar refractivity (Wildman–Crippen MR) is 76.2 cm³/mol. The van der Waals surface area contributed by atoms with E-state index in [0.29, 0.717) is 23.6 Å². The van der Waals surface area contributed by atoms with Crippen molar-refractivity contribution in [3.05, 3.63) is 47.2 Å². The average molecular weight is 285 g/mol. The van der Waals surface area contributed by atoms with Crippen molar-refractivity contribution in [3.8, 4) is 0 Å². The van der Waals surface area contributed by atoms with Gasteiger partial charge in [-0.25, -0.2) is 4.98 Å². The maximum absolute atomic E-state index is 12.3. The number of aromatic nitrogens is 1. The molecule has 0 atom stereocenters. The van der Waals surface area contributed by atoms with Crippen LogP contribution in [0.4, 0.5) is 5.69 Å². The Labute approximate surface area is 121 Å². The van der Waals surface area contributed by atoms with E-state index < -0.39 is 0 Å². The Balaban J connectivity index is 1.91. The zero-order chi connectivity index (χ0) is 15.0. The Morgan fingerprint density at radius 3 is 3.00 bits per heavy atom. The van der Waals surface area contributed by atoms with Gasteiger partial charge in [-0.3, -0.25) is 9.59 Å². The van der Waals surface area contributed by atoms with Crippen molar-refractivity contribution >= 4 is 17.5 Å². The molecular weight excluding hydrogens is 270 g/mol. The van der Waals surface area contributed by atoms with Crippen LogP contribution in [0.1, 0.15) is 51.9 Å². The molecule has 0 bridgehead atoms. The van der Waals surface area contributed by atoms with E-state index in [-0.39, 0.29) is 23.4 Å². The Morgan fingerprint density at radius 1 is 1.43 bits per heavy atom. The van der Waals surface area contributed by atoms with Crippen molar-refractivity contribution < 1.29 is 14.0 Å². The molecule has 3 rings (SSSR count). The molecule has 2 N–H and O–H groups in total. The summed E-state index contributed by atoms with van der Waals surface area (Å²) >= 11 is 0. The minimum atomic E-state index is -0.374. The van der Waals surface area contributed by atoms with E-state index in [2.05, 4.69) is 15.6 Å². The smallest absolute Gasteiger partial charge is 0.277 e. The van der Waals surface area contributed by atoms with Crippen LogP contribution in [-0.4, -0.2) is 16.8 Å². The van der Waals surface area contributed by atoms with Gasteiger partial charge < -0.3 is 15.1 Å². The SMILES string of the molecule is CC(C)c1ocnc1C(=O)Nc1cccc2c1C(=O)NC2. The summed E-state index contributed by atoms with van der Waals surface area (Å²) < 4.78 is 5.25. The van der Waals surface area contributed by atoms with E-state index in [1.165, 1.54) is 6.39 Å². The Hall–Kier alpha value is -2.63. The molecule has 21 heavy (non-hydrogen) atoms. The molecule has 1 aromatic heterocycles. The van der Waals surface area contributed by atoms with Gasteiger partial charge in [0, 0.05) is 12.5 Å². The van der Waals surface area contributed by atoms with Gasteiger partial charge in [0.1, 0.15) is 5.76 Å². The van der Waals surface area contributed by atoms with Crippen molar-refractivity contribution in [1.29, 1.82) is 0 Å². The van der Waals surface area contributed by atoms with E-state index in [0.717, 1.165) is 5.56 Å².